The van der Waals surface area contributed by atoms with Crippen molar-refractivity contribution in [2.24, 2.45) is 11.8 Å². The Labute approximate surface area is 239 Å². The molecule has 1 saturated heterocycles. The first-order chi connectivity index (χ1) is 19.5. The Morgan fingerprint density at radius 2 is 1.78 bits per heavy atom. The summed E-state index contributed by atoms with van der Waals surface area (Å²) in [7, 11) is 2.52. The molecular formula is C28H42O13. The number of esters is 3. The van der Waals surface area contributed by atoms with Gasteiger partial charge in [-0.2, -0.15) is 0 Å². The van der Waals surface area contributed by atoms with Crippen LogP contribution in [-0.2, 0) is 42.8 Å². The fourth-order valence-electron chi connectivity index (χ4n) is 4.50. The largest absolute Gasteiger partial charge is 0.468 e. The Morgan fingerprint density at radius 1 is 1.07 bits per heavy atom. The van der Waals surface area contributed by atoms with Crippen molar-refractivity contribution in [1.82, 2.24) is 0 Å². The zero-order chi connectivity index (χ0) is 30.7. The fourth-order valence-corrected chi connectivity index (χ4v) is 4.50. The number of aliphatic hydroxyl groups excluding tert-OH is 4. The lowest BCUT2D eigenvalue weighted by Gasteiger charge is -2.41. The number of carbonyl (C=O) groups is 3. The first kappa shape index (κ1) is 34.4. The highest BCUT2D eigenvalue weighted by Gasteiger charge is 2.46. The van der Waals surface area contributed by atoms with E-state index in [0.29, 0.717) is 24.0 Å². The lowest BCUT2D eigenvalue weighted by molar-refractivity contribution is -0.327. The van der Waals surface area contributed by atoms with Gasteiger partial charge in [0.15, 0.2) is 6.29 Å². The Kier molecular flexibility index (Phi) is 13.9. The molecule has 0 aromatic carbocycles. The predicted octanol–water partition coefficient (Wildman–Crippen LogP) is 0.638. The van der Waals surface area contributed by atoms with Crippen LogP contribution in [-0.4, -0.2) is 103 Å². The average molecular weight is 587 g/mol. The molecule has 1 fully saturated rings. The summed E-state index contributed by atoms with van der Waals surface area (Å²) in [6.07, 6.45) is -2.57. The predicted molar refractivity (Wildman–Crippen MR) is 141 cm³/mol. The molecular weight excluding hydrogens is 544 g/mol. The van der Waals surface area contributed by atoms with Crippen molar-refractivity contribution in [2.75, 3.05) is 27.4 Å². The third kappa shape index (κ3) is 9.35. The summed E-state index contributed by atoms with van der Waals surface area (Å²) in [4.78, 5) is 36.7. The molecule has 2 heterocycles. The van der Waals surface area contributed by atoms with E-state index < -0.39 is 61.5 Å². The maximum atomic E-state index is 12.8. The Hall–Kier alpha value is -2.81. The zero-order valence-corrected chi connectivity index (χ0v) is 24.1. The van der Waals surface area contributed by atoms with E-state index in [-0.39, 0.29) is 30.5 Å². The molecule has 232 valence electrons. The van der Waals surface area contributed by atoms with Crippen LogP contribution in [0.2, 0.25) is 0 Å². The smallest absolute Gasteiger partial charge is 0.337 e. The van der Waals surface area contributed by atoms with E-state index in [9.17, 15) is 34.8 Å². The van der Waals surface area contributed by atoms with E-state index in [1.807, 2.05) is 6.92 Å². The van der Waals surface area contributed by atoms with Crippen LogP contribution in [0.3, 0.4) is 0 Å². The van der Waals surface area contributed by atoms with Crippen molar-refractivity contribution in [2.45, 2.75) is 83.5 Å². The van der Waals surface area contributed by atoms with Gasteiger partial charge in [-0.15, -0.1) is 0 Å². The number of rotatable bonds is 13. The summed E-state index contributed by atoms with van der Waals surface area (Å²) in [6.45, 7) is 4.83. The van der Waals surface area contributed by atoms with Crippen molar-refractivity contribution >= 4 is 17.9 Å². The monoisotopic (exact) mass is 586 g/mol. The van der Waals surface area contributed by atoms with Crippen molar-refractivity contribution in [1.29, 1.82) is 0 Å². The van der Waals surface area contributed by atoms with E-state index in [0.717, 1.165) is 12.7 Å². The van der Waals surface area contributed by atoms with Gasteiger partial charge >= 0.3 is 17.9 Å². The molecule has 0 aromatic rings. The first-order valence-corrected chi connectivity index (χ1v) is 13.4. The number of hydrogen-bond donors (Lipinski definition) is 4. The second-order valence-corrected chi connectivity index (χ2v) is 9.98. The fraction of sp³-hybridized carbons (Fsp3) is 0.679. The van der Waals surface area contributed by atoms with Gasteiger partial charge in [-0.1, -0.05) is 19.1 Å². The van der Waals surface area contributed by atoms with Crippen LogP contribution < -0.4 is 0 Å². The molecule has 2 aliphatic heterocycles. The second kappa shape index (κ2) is 16.6. The van der Waals surface area contributed by atoms with Crippen LogP contribution in [0.4, 0.5) is 0 Å². The van der Waals surface area contributed by atoms with E-state index in [4.69, 9.17) is 23.7 Å². The van der Waals surface area contributed by atoms with Crippen molar-refractivity contribution in [3.63, 3.8) is 0 Å². The summed E-state index contributed by atoms with van der Waals surface area (Å²) in [6, 6.07) is 0. The Morgan fingerprint density at radius 3 is 2.39 bits per heavy atom. The maximum absolute atomic E-state index is 12.8. The van der Waals surface area contributed by atoms with E-state index >= 15 is 0 Å². The lowest BCUT2D eigenvalue weighted by Crippen LogP contribution is -2.60. The molecule has 4 N–H and O–H groups in total. The third-order valence-electron chi connectivity index (χ3n) is 7.09. The van der Waals surface area contributed by atoms with Gasteiger partial charge in [0.25, 0.3) is 0 Å². The number of ether oxygens (including phenoxy) is 6. The highest BCUT2D eigenvalue weighted by Crippen LogP contribution is 2.36. The minimum absolute atomic E-state index is 0.0485. The molecule has 0 bridgehead atoms. The number of carbonyl (C=O) groups excluding carboxylic acids is 3. The molecule has 8 atom stereocenters. The molecule has 2 rings (SSSR count). The number of methoxy groups -OCH3 is 2. The number of allylic oxidation sites excluding steroid dienone is 2. The third-order valence-corrected chi connectivity index (χ3v) is 7.09. The van der Waals surface area contributed by atoms with Crippen LogP contribution in [0.15, 0.2) is 35.1 Å². The van der Waals surface area contributed by atoms with Gasteiger partial charge in [-0.25, -0.2) is 9.59 Å². The van der Waals surface area contributed by atoms with Crippen LogP contribution in [0.5, 0.6) is 0 Å². The second-order valence-electron chi connectivity index (χ2n) is 9.98. The summed E-state index contributed by atoms with van der Waals surface area (Å²) in [5.41, 5.74) is 0.918. The quantitative estimate of drug-likeness (QED) is 0.102. The summed E-state index contributed by atoms with van der Waals surface area (Å²) >= 11 is 0. The normalized spacial score (nSPS) is 30.2. The van der Waals surface area contributed by atoms with E-state index in [1.54, 1.807) is 26.0 Å². The van der Waals surface area contributed by atoms with Crippen LogP contribution >= 0.6 is 0 Å². The molecule has 0 radical (unpaired) electrons. The van der Waals surface area contributed by atoms with E-state index in [1.165, 1.54) is 14.2 Å². The molecule has 0 amide bonds. The van der Waals surface area contributed by atoms with Gasteiger partial charge in [0.05, 0.1) is 45.7 Å². The highest BCUT2D eigenvalue weighted by atomic mass is 16.8. The standard InChI is InChI=1S/C28H42O13/c1-6-17-18(12-21(30)38-11-10-15(2)8-7-9-16(3)25(34)36-4)19(26(35)37-5)14-39-27(17)41-28-24(33)23(32)22(31)20(13-29)40-28/h6,9,14-15,18,20,22-24,27-29,31-33H,7-8,10-13H2,1-5H3/b16-9+,17-6-/t15?,18-,20+,22+,23-,24+,27-,28-/m0/s1. The van der Waals surface area contributed by atoms with Crippen LogP contribution in [0.25, 0.3) is 0 Å². The highest BCUT2D eigenvalue weighted by molar-refractivity contribution is 5.90. The molecule has 0 spiro atoms. The van der Waals surface area contributed by atoms with Gasteiger partial charge in [-0.05, 0) is 39.0 Å². The summed E-state index contributed by atoms with van der Waals surface area (Å²) < 4.78 is 31.7. The lowest BCUT2D eigenvalue weighted by atomic mass is 9.86. The molecule has 41 heavy (non-hydrogen) atoms. The minimum Gasteiger partial charge on any atom is -0.468 e. The van der Waals surface area contributed by atoms with Gasteiger partial charge in [0, 0.05) is 17.1 Å². The first-order valence-electron chi connectivity index (χ1n) is 13.4. The van der Waals surface area contributed by atoms with Gasteiger partial charge in [0.1, 0.15) is 24.4 Å². The topological polar surface area (TPSA) is 188 Å². The average Bonchev–Trinajstić information content (AvgIpc) is 2.96. The summed E-state index contributed by atoms with van der Waals surface area (Å²) in [5, 5.41) is 39.9. The Balaban J connectivity index is 2.03. The Bertz CT molecular complexity index is 985. The van der Waals surface area contributed by atoms with Crippen molar-refractivity contribution in [3.8, 4) is 0 Å². The SMILES string of the molecule is C/C=C1\[C@H](O[C@@H]2O[C@H](CO)[C@@H](O)[C@H](O)[C@H]2O)OC=C(C(=O)OC)[C@H]1CC(=O)OCCC(C)CC/C=C(\C)C(=O)OC. The van der Waals surface area contributed by atoms with Crippen molar-refractivity contribution < 1.29 is 63.2 Å². The molecule has 13 nitrogen and oxygen atoms in total. The number of aliphatic hydroxyl groups is 4. The zero-order valence-electron chi connectivity index (χ0n) is 24.1. The molecule has 0 aromatic heterocycles. The van der Waals surface area contributed by atoms with E-state index in [2.05, 4.69) is 4.74 Å². The molecule has 13 heteroatoms. The van der Waals surface area contributed by atoms with Gasteiger partial charge in [-0.3, -0.25) is 4.79 Å². The summed E-state index contributed by atoms with van der Waals surface area (Å²) in [5.74, 6) is -2.32. The van der Waals surface area contributed by atoms with Crippen LogP contribution in [0.1, 0.15) is 46.5 Å². The molecule has 1 unspecified atom stereocenters. The molecule has 0 saturated carbocycles. The number of hydrogen-bond acceptors (Lipinski definition) is 13. The molecule has 2 aliphatic rings. The van der Waals surface area contributed by atoms with Gasteiger partial charge < -0.3 is 48.8 Å². The maximum Gasteiger partial charge on any atom is 0.337 e. The van der Waals surface area contributed by atoms with Crippen molar-refractivity contribution in [3.05, 3.63) is 35.1 Å². The van der Waals surface area contributed by atoms with Gasteiger partial charge in [0.2, 0.25) is 6.29 Å². The minimum atomic E-state index is -1.68. The van der Waals surface area contributed by atoms with Crippen LogP contribution in [0, 0.1) is 11.8 Å². The molecule has 0 aliphatic carbocycles.